The second kappa shape index (κ2) is 6.39. The van der Waals surface area contributed by atoms with Gasteiger partial charge in [-0.2, -0.15) is 11.8 Å². The van der Waals surface area contributed by atoms with E-state index in [-0.39, 0.29) is 0 Å². The molecule has 0 amide bonds. The molecule has 0 saturated carbocycles. The van der Waals surface area contributed by atoms with E-state index in [0.717, 1.165) is 31.4 Å². The van der Waals surface area contributed by atoms with Crippen LogP contribution in [-0.4, -0.2) is 55.8 Å². The van der Waals surface area contributed by atoms with E-state index in [1.54, 1.807) is 11.8 Å². The lowest BCUT2D eigenvalue weighted by atomic mass is 9.83. The number of rotatable bonds is 6. The number of carbonyl (C=O) groups is 1. The van der Waals surface area contributed by atoms with Crippen LogP contribution in [0.3, 0.4) is 0 Å². The van der Waals surface area contributed by atoms with Crippen LogP contribution >= 0.6 is 11.8 Å². The van der Waals surface area contributed by atoms with Crippen molar-refractivity contribution in [2.75, 3.05) is 30.9 Å². The van der Waals surface area contributed by atoms with E-state index in [9.17, 15) is 13.2 Å². The fourth-order valence-electron chi connectivity index (χ4n) is 2.27. The molecule has 1 unspecified atom stereocenters. The maximum atomic E-state index is 11.8. The van der Waals surface area contributed by atoms with Gasteiger partial charge in [-0.1, -0.05) is 13.8 Å². The van der Waals surface area contributed by atoms with Crippen molar-refractivity contribution in [3.05, 3.63) is 0 Å². The van der Waals surface area contributed by atoms with Crippen molar-refractivity contribution in [1.29, 1.82) is 0 Å². The summed E-state index contributed by atoms with van der Waals surface area (Å²) in [6.07, 6.45) is 3.81. The van der Waals surface area contributed by atoms with E-state index in [4.69, 9.17) is 0 Å². The molecule has 106 valence electrons. The van der Waals surface area contributed by atoms with Crippen LogP contribution in [0.4, 0.5) is 0 Å². The molecule has 0 N–H and O–H groups in total. The maximum absolute atomic E-state index is 11.8. The van der Waals surface area contributed by atoms with Gasteiger partial charge in [-0.05, 0) is 12.8 Å². The molecule has 1 atom stereocenters. The van der Waals surface area contributed by atoms with Gasteiger partial charge in [0.15, 0.2) is 9.84 Å². The minimum atomic E-state index is -3.08. The molecule has 6 heteroatoms. The van der Waals surface area contributed by atoms with Gasteiger partial charge < -0.3 is 4.79 Å². The monoisotopic (exact) mass is 293 g/mol. The predicted octanol–water partition coefficient (Wildman–Crippen LogP) is 1.41. The summed E-state index contributed by atoms with van der Waals surface area (Å²) in [7, 11) is -3.08. The van der Waals surface area contributed by atoms with E-state index in [1.165, 1.54) is 6.26 Å². The van der Waals surface area contributed by atoms with Crippen LogP contribution in [0.15, 0.2) is 0 Å². The lowest BCUT2D eigenvalue weighted by molar-refractivity contribution is -0.117. The Morgan fingerprint density at radius 1 is 1.39 bits per heavy atom. The molecule has 1 fully saturated rings. The normalized spacial score (nSPS) is 22.9. The molecular weight excluding hydrogens is 270 g/mol. The highest BCUT2D eigenvalue weighted by atomic mass is 32.2. The molecule has 1 aliphatic rings. The van der Waals surface area contributed by atoms with Gasteiger partial charge >= 0.3 is 0 Å². The Morgan fingerprint density at radius 3 is 2.44 bits per heavy atom. The third-order valence-corrected chi connectivity index (χ3v) is 6.55. The maximum Gasteiger partial charge on any atom is 0.164 e. The summed E-state index contributed by atoms with van der Waals surface area (Å²) in [4.78, 5) is 13.3. The van der Waals surface area contributed by atoms with Gasteiger partial charge in [0.25, 0.3) is 0 Å². The lowest BCUT2D eigenvalue weighted by Crippen LogP contribution is -2.51. The van der Waals surface area contributed by atoms with Crippen molar-refractivity contribution in [3.8, 4) is 0 Å². The average molecular weight is 293 g/mol. The van der Waals surface area contributed by atoms with E-state index in [1.807, 2.05) is 18.7 Å². The molecule has 0 aromatic carbocycles. The number of carbonyl (C=O) groups excluding carboxylic acids is 1. The minimum absolute atomic E-state index is 0.398. The second-order valence-corrected chi connectivity index (χ2v) is 8.37. The van der Waals surface area contributed by atoms with Crippen LogP contribution in [0, 0.1) is 5.41 Å². The third kappa shape index (κ3) is 3.71. The number of nitrogens with zero attached hydrogens (tertiary/aromatic N) is 1. The van der Waals surface area contributed by atoms with Crippen molar-refractivity contribution in [3.63, 3.8) is 0 Å². The first-order valence-electron chi connectivity index (χ1n) is 6.35. The van der Waals surface area contributed by atoms with Crippen LogP contribution in [0.1, 0.15) is 26.7 Å². The Labute approximate surface area is 114 Å². The molecule has 0 bridgehead atoms. The summed E-state index contributed by atoms with van der Waals surface area (Å²) < 4.78 is 23.6. The molecule has 0 aromatic heterocycles. The van der Waals surface area contributed by atoms with Gasteiger partial charge in [-0.15, -0.1) is 0 Å². The molecular formula is C12H23NO3S2. The zero-order valence-corrected chi connectivity index (χ0v) is 13.0. The van der Waals surface area contributed by atoms with Crippen LogP contribution in [0.2, 0.25) is 0 Å². The molecule has 0 aromatic rings. The van der Waals surface area contributed by atoms with Gasteiger partial charge in [0.2, 0.25) is 0 Å². The third-order valence-electron chi connectivity index (χ3n) is 3.86. The first-order valence-corrected chi connectivity index (χ1v) is 9.46. The van der Waals surface area contributed by atoms with Gasteiger partial charge in [0.1, 0.15) is 11.7 Å². The van der Waals surface area contributed by atoms with Gasteiger partial charge in [0.05, 0.1) is 0 Å². The zero-order chi connectivity index (χ0) is 13.8. The Bertz CT molecular complexity index is 377. The molecule has 1 rings (SSSR count). The van der Waals surface area contributed by atoms with Crippen molar-refractivity contribution in [2.24, 2.45) is 5.41 Å². The molecule has 18 heavy (non-hydrogen) atoms. The Hall–Kier alpha value is -0.0700. The highest BCUT2D eigenvalue weighted by molar-refractivity contribution is 8.00. The number of hydrogen-bond donors (Lipinski definition) is 0. The fourth-order valence-corrected chi connectivity index (χ4v) is 5.21. The number of hydrogen-bond acceptors (Lipinski definition) is 5. The molecule has 0 radical (unpaired) electrons. The summed E-state index contributed by atoms with van der Waals surface area (Å²) in [6.45, 7) is 5.29. The molecule has 1 heterocycles. The van der Waals surface area contributed by atoms with Gasteiger partial charge in [-0.25, -0.2) is 8.42 Å². The predicted molar refractivity (Wildman–Crippen MR) is 76.6 cm³/mol. The molecule has 4 nitrogen and oxygen atoms in total. The van der Waals surface area contributed by atoms with Crippen molar-refractivity contribution >= 4 is 27.9 Å². The molecule has 0 spiro atoms. The fraction of sp³-hybridized carbons (Fsp3) is 0.917. The second-order valence-electron chi connectivity index (χ2n) is 5.02. The number of thioether (sulfide) groups is 1. The Balaban J connectivity index is 2.88. The van der Waals surface area contributed by atoms with Crippen LogP contribution in [-0.2, 0) is 14.6 Å². The van der Waals surface area contributed by atoms with Crippen LogP contribution in [0.5, 0.6) is 0 Å². The zero-order valence-electron chi connectivity index (χ0n) is 11.4. The van der Waals surface area contributed by atoms with Crippen LogP contribution in [0.25, 0.3) is 0 Å². The lowest BCUT2D eigenvalue weighted by Gasteiger charge is -2.39. The smallest absolute Gasteiger partial charge is 0.164 e. The Morgan fingerprint density at radius 2 is 2.00 bits per heavy atom. The van der Waals surface area contributed by atoms with Gasteiger partial charge in [0, 0.05) is 36.3 Å². The van der Waals surface area contributed by atoms with Crippen LogP contribution < -0.4 is 0 Å². The van der Waals surface area contributed by atoms with Gasteiger partial charge in [-0.3, -0.25) is 4.90 Å². The van der Waals surface area contributed by atoms with E-state index >= 15 is 0 Å². The van der Waals surface area contributed by atoms with Crippen molar-refractivity contribution in [2.45, 2.75) is 32.1 Å². The highest BCUT2D eigenvalue weighted by Crippen LogP contribution is 2.29. The first kappa shape index (κ1) is 16.0. The van der Waals surface area contributed by atoms with E-state index in [0.29, 0.717) is 12.3 Å². The minimum Gasteiger partial charge on any atom is -0.303 e. The summed E-state index contributed by atoms with van der Waals surface area (Å²) in [6, 6.07) is 0. The molecule has 1 aliphatic heterocycles. The highest BCUT2D eigenvalue weighted by Gasteiger charge is 2.36. The summed E-state index contributed by atoms with van der Waals surface area (Å²) >= 11 is 1.67. The first-order chi connectivity index (χ1) is 8.38. The van der Waals surface area contributed by atoms with Crippen molar-refractivity contribution < 1.29 is 13.2 Å². The Kier molecular flexibility index (Phi) is 5.67. The SMILES string of the molecule is CCC(C=O)(CC)CN1CCSCC1S(C)(=O)=O. The largest absolute Gasteiger partial charge is 0.303 e. The molecule has 1 saturated heterocycles. The summed E-state index contributed by atoms with van der Waals surface area (Å²) in [5, 5.41) is -0.436. The quantitative estimate of drug-likeness (QED) is 0.693. The summed E-state index contributed by atoms with van der Waals surface area (Å²) in [5.74, 6) is 1.55. The topological polar surface area (TPSA) is 54.5 Å². The van der Waals surface area contributed by atoms with Crippen molar-refractivity contribution in [1.82, 2.24) is 4.90 Å². The molecule has 0 aliphatic carbocycles. The summed E-state index contributed by atoms with van der Waals surface area (Å²) in [5.41, 5.74) is -0.398. The number of sulfone groups is 1. The standard InChI is InChI=1S/C12H23NO3S2/c1-4-12(5-2,10-14)9-13-6-7-17-8-11(13)18(3,15)16/h10-11H,4-9H2,1-3H3. The number of aldehydes is 1. The van der Waals surface area contributed by atoms with E-state index < -0.39 is 20.6 Å². The van der Waals surface area contributed by atoms with E-state index in [2.05, 4.69) is 0 Å². The average Bonchev–Trinajstić information content (AvgIpc) is 2.35.